The van der Waals surface area contributed by atoms with Crippen LogP contribution in [0.2, 0.25) is 10.0 Å². The van der Waals surface area contributed by atoms with Gasteiger partial charge in [0.05, 0.1) is 25.1 Å². The standard InChI is InChI=1S/C23H21Cl2N5O/c24-17-2-3-18(20(25)10-17)19-14-30-21(13-28-23(30)9-16(19)11-26)15-1-4-22(27-12-15)29-5-7-31-8-6-29/h1-4,9-10,12-14H,5-8,11,26H2. The highest BCUT2D eigenvalue weighted by atomic mass is 35.5. The van der Waals surface area contributed by atoms with Crippen molar-refractivity contribution in [3.63, 3.8) is 0 Å². The van der Waals surface area contributed by atoms with Crippen LogP contribution in [0.1, 0.15) is 5.56 Å². The molecule has 5 rings (SSSR count). The topological polar surface area (TPSA) is 68.7 Å². The highest BCUT2D eigenvalue weighted by molar-refractivity contribution is 6.36. The van der Waals surface area contributed by atoms with Crippen molar-refractivity contribution >= 4 is 34.7 Å². The van der Waals surface area contributed by atoms with Crippen molar-refractivity contribution in [1.29, 1.82) is 0 Å². The SMILES string of the molecule is NCc1cc2ncc(-c3ccc(N4CCOCC4)nc3)n2cc1-c1ccc(Cl)cc1Cl. The van der Waals surface area contributed by atoms with Crippen molar-refractivity contribution in [1.82, 2.24) is 14.4 Å². The molecule has 0 spiro atoms. The summed E-state index contributed by atoms with van der Waals surface area (Å²) in [6.45, 7) is 3.55. The van der Waals surface area contributed by atoms with Gasteiger partial charge in [-0.2, -0.15) is 0 Å². The lowest BCUT2D eigenvalue weighted by Crippen LogP contribution is -2.36. The maximum Gasteiger partial charge on any atom is 0.137 e. The molecule has 0 unspecified atom stereocenters. The minimum Gasteiger partial charge on any atom is -0.378 e. The van der Waals surface area contributed by atoms with Gasteiger partial charge in [-0.15, -0.1) is 0 Å². The molecule has 1 fully saturated rings. The molecular weight excluding hydrogens is 433 g/mol. The Hall–Kier alpha value is -2.64. The number of halogens is 2. The van der Waals surface area contributed by atoms with E-state index >= 15 is 0 Å². The van der Waals surface area contributed by atoms with Gasteiger partial charge in [-0.25, -0.2) is 9.97 Å². The van der Waals surface area contributed by atoms with Crippen LogP contribution >= 0.6 is 23.2 Å². The summed E-state index contributed by atoms with van der Waals surface area (Å²) < 4.78 is 7.47. The smallest absolute Gasteiger partial charge is 0.137 e. The minimum absolute atomic E-state index is 0.378. The van der Waals surface area contributed by atoms with Crippen LogP contribution in [0, 0.1) is 0 Å². The Labute approximate surface area is 190 Å². The number of aromatic nitrogens is 3. The van der Waals surface area contributed by atoms with Crippen molar-refractivity contribution in [2.24, 2.45) is 5.73 Å². The van der Waals surface area contributed by atoms with E-state index in [4.69, 9.17) is 33.7 Å². The Morgan fingerprint density at radius 1 is 0.968 bits per heavy atom. The summed E-state index contributed by atoms with van der Waals surface area (Å²) >= 11 is 12.6. The van der Waals surface area contributed by atoms with Crippen LogP contribution in [0.4, 0.5) is 5.82 Å². The molecule has 1 aliphatic heterocycles. The van der Waals surface area contributed by atoms with Crippen LogP contribution < -0.4 is 10.6 Å². The third kappa shape index (κ3) is 3.88. The van der Waals surface area contributed by atoms with E-state index in [-0.39, 0.29) is 0 Å². The Kier molecular flexibility index (Phi) is 5.54. The number of rotatable bonds is 4. The second kappa shape index (κ2) is 8.48. The van der Waals surface area contributed by atoms with Gasteiger partial charge < -0.3 is 15.4 Å². The number of morpholine rings is 1. The third-order valence-electron chi connectivity index (χ3n) is 5.55. The van der Waals surface area contributed by atoms with E-state index in [0.717, 1.165) is 65.7 Å². The van der Waals surface area contributed by atoms with Gasteiger partial charge in [0.25, 0.3) is 0 Å². The molecule has 0 radical (unpaired) electrons. The van der Waals surface area contributed by atoms with Crippen LogP contribution in [-0.4, -0.2) is 40.7 Å². The van der Waals surface area contributed by atoms with Crippen molar-refractivity contribution in [3.05, 3.63) is 70.6 Å². The van der Waals surface area contributed by atoms with Gasteiger partial charge in [0.15, 0.2) is 0 Å². The number of nitrogens with zero attached hydrogens (tertiary/aromatic N) is 4. The third-order valence-corrected chi connectivity index (χ3v) is 6.10. The molecule has 1 aromatic carbocycles. The van der Waals surface area contributed by atoms with Crippen molar-refractivity contribution in [3.8, 4) is 22.4 Å². The quantitative estimate of drug-likeness (QED) is 0.486. The maximum atomic E-state index is 6.49. The average molecular weight is 454 g/mol. The van der Waals surface area contributed by atoms with E-state index < -0.39 is 0 Å². The van der Waals surface area contributed by atoms with Crippen LogP contribution in [-0.2, 0) is 11.3 Å². The first-order chi connectivity index (χ1) is 15.1. The fourth-order valence-electron chi connectivity index (χ4n) is 3.91. The van der Waals surface area contributed by atoms with Gasteiger partial charge in [0, 0.05) is 58.8 Å². The Balaban J connectivity index is 1.57. The Morgan fingerprint density at radius 2 is 1.81 bits per heavy atom. The molecule has 3 aromatic heterocycles. The molecule has 0 bridgehead atoms. The number of benzene rings is 1. The average Bonchev–Trinajstić information content (AvgIpc) is 3.22. The van der Waals surface area contributed by atoms with Gasteiger partial charge in [0.2, 0.25) is 0 Å². The lowest BCUT2D eigenvalue weighted by atomic mass is 10.0. The number of pyridine rings is 2. The number of hydrogen-bond donors (Lipinski definition) is 1. The zero-order chi connectivity index (χ0) is 21.4. The molecule has 158 valence electrons. The fraction of sp³-hybridized carbons (Fsp3) is 0.217. The molecule has 0 amide bonds. The zero-order valence-electron chi connectivity index (χ0n) is 16.8. The number of nitrogens with two attached hydrogens (primary N) is 1. The monoisotopic (exact) mass is 453 g/mol. The highest BCUT2D eigenvalue weighted by Crippen LogP contribution is 2.34. The summed E-state index contributed by atoms with van der Waals surface area (Å²) in [5, 5.41) is 1.18. The summed E-state index contributed by atoms with van der Waals surface area (Å²) in [4.78, 5) is 11.5. The van der Waals surface area contributed by atoms with Crippen molar-refractivity contribution in [2.75, 3.05) is 31.2 Å². The van der Waals surface area contributed by atoms with E-state index in [2.05, 4.69) is 20.9 Å². The normalized spacial score (nSPS) is 14.4. The van der Waals surface area contributed by atoms with Gasteiger partial charge in [-0.3, -0.25) is 4.40 Å². The molecule has 1 aliphatic rings. The lowest BCUT2D eigenvalue weighted by Gasteiger charge is -2.27. The molecule has 0 atom stereocenters. The molecule has 8 heteroatoms. The summed E-state index contributed by atoms with van der Waals surface area (Å²) in [6, 6.07) is 11.6. The van der Waals surface area contributed by atoms with E-state index in [0.29, 0.717) is 16.6 Å². The lowest BCUT2D eigenvalue weighted by molar-refractivity contribution is 0.122. The first-order valence-corrected chi connectivity index (χ1v) is 10.8. The zero-order valence-corrected chi connectivity index (χ0v) is 18.3. The number of fused-ring (bicyclic) bond motifs is 1. The summed E-state index contributed by atoms with van der Waals surface area (Å²) in [5.41, 5.74) is 11.6. The number of ether oxygens (including phenoxy) is 1. The predicted octanol–water partition coefficient (Wildman–Crippen LogP) is 4.67. The number of imidazole rings is 1. The molecule has 4 aromatic rings. The number of anilines is 1. The molecule has 6 nitrogen and oxygen atoms in total. The maximum absolute atomic E-state index is 6.49. The van der Waals surface area contributed by atoms with Gasteiger partial charge in [-0.05, 0) is 35.9 Å². The number of hydrogen-bond acceptors (Lipinski definition) is 5. The first kappa shape index (κ1) is 20.3. The summed E-state index contributed by atoms with van der Waals surface area (Å²) in [7, 11) is 0. The van der Waals surface area contributed by atoms with Crippen LogP contribution in [0.15, 0.2) is 55.0 Å². The van der Waals surface area contributed by atoms with Gasteiger partial charge in [-0.1, -0.05) is 29.3 Å². The van der Waals surface area contributed by atoms with Crippen molar-refractivity contribution in [2.45, 2.75) is 6.54 Å². The van der Waals surface area contributed by atoms with E-state index in [1.165, 1.54) is 0 Å². The minimum atomic E-state index is 0.378. The molecule has 1 saturated heterocycles. The molecular formula is C23H21Cl2N5O. The molecule has 31 heavy (non-hydrogen) atoms. The second-order valence-electron chi connectivity index (χ2n) is 7.42. The van der Waals surface area contributed by atoms with E-state index in [1.54, 1.807) is 6.07 Å². The summed E-state index contributed by atoms with van der Waals surface area (Å²) in [5.74, 6) is 0.958. The van der Waals surface area contributed by atoms with Crippen LogP contribution in [0.25, 0.3) is 28.0 Å². The largest absolute Gasteiger partial charge is 0.378 e. The first-order valence-electron chi connectivity index (χ1n) is 10.1. The Morgan fingerprint density at radius 3 is 2.52 bits per heavy atom. The van der Waals surface area contributed by atoms with E-state index in [1.807, 2.05) is 47.3 Å². The van der Waals surface area contributed by atoms with Crippen LogP contribution in [0.5, 0.6) is 0 Å². The summed E-state index contributed by atoms with van der Waals surface area (Å²) in [6.07, 6.45) is 5.78. The van der Waals surface area contributed by atoms with E-state index in [9.17, 15) is 0 Å². The van der Waals surface area contributed by atoms with Crippen molar-refractivity contribution < 1.29 is 4.74 Å². The predicted molar refractivity (Wildman–Crippen MR) is 125 cm³/mol. The Bertz CT molecular complexity index is 1230. The molecule has 0 saturated carbocycles. The molecule has 2 N–H and O–H groups in total. The second-order valence-corrected chi connectivity index (χ2v) is 8.26. The fourth-order valence-corrected chi connectivity index (χ4v) is 4.42. The molecule has 4 heterocycles. The molecule has 0 aliphatic carbocycles. The van der Waals surface area contributed by atoms with Crippen LogP contribution in [0.3, 0.4) is 0 Å². The van der Waals surface area contributed by atoms with Gasteiger partial charge in [0.1, 0.15) is 11.5 Å². The van der Waals surface area contributed by atoms with Gasteiger partial charge >= 0.3 is 0 Å². The highest BCUT2D eigenvalue weighted by Gasteiger charge is 2.16.